The summed E-state index contributed by atoms with van der Waals surface area (Å²) in [5, 5.41) is 6.27. The molecule has 0 saturated carbocycles. The Kier molecular flexibility index (Phi) is 11.2. The predicted octanol–water partition coefficient (Wildman–Crippen LogP) is 4.11. The van der Waals surface area contributed by atoms with Crippen LogP contribution in [0, 0.1) is 6.92 Å². The number of methoxy groups -OCH3 is 3. The zero-order valence-electron chi connectivity index (χ0n) is 18.1. The van der Waals surface area contributed by atoms with Crippen LogP contribution in [0.3, 0.4) is 0 Å². The molecule has 0 radical (unpaired) electrons. The van der Waals surface area contributed by atoms with E-state index in [-0.39, 0.29) is 36.3 Å². The molecule has 0 saturated heterocycles. The largest absolute Gasteiger partial charge is 0.493 e. The fourth-order valence-corrected chi connectivity index (χ4v) is 2.88. The Bertz CT molecular complexity index is 857. The SMILES string of the molecule is CN=C(NCc1cc(OC)c(OC)c(OC)c1)NCc1cc(C)ccc1OC(F)F.I. The normalized spacial score (nSPS) is 10.9. The van der Waals surface area contributed by atoms with Crippen molar-refractivity contribution in [2.24, 2.45) is 4.99 Å². The number of hydrogen-bond acceptors (Lipinski definition) is 5. The van der Waals surface area contributed by atoms with Crippen LogP contribution in [0.2, 0.25) is 0 Å². The highest BCUT2D eigenvalue weighted by molar-refractivity contribution is 14.0. The lowest BCUT2D eigenvalue weighted by Gasteiger charge is -2.17. The second-order valence-electron chi connectivity index (χ2n) is 6.30. The molecule has 0 aromatic heterocycles. The van der Waals surface area contributed by atoms with Gasteiger partial charge in [0.25, 0.3) is 0 Å². The molecule has 2 rings (SSSR count). The van der Waals surface area contributed by atoms with E-state index in [1.807, 2.05) is 19.1 Å². The Morgan fingerprint density at radius 3 is 2.06 bits per heavy atom. The van der Waals surface area contributed by atoms with E-state index < -0.39 is 6.61 Å². The van der Waals surface area contributed by atoms with Gasteiger partial charge < -0.3 is 29.6 Å². The standard InChI is InChI=1S/C21H27F2N3O4.HI/c1-13-6-7-16(30-20(22)23)15(8-13)12-26-21(24-2)25-11-14-9-17(27-3)19(29-5)18(10-14)28-4;/h6-10,20H,11-12H2,1-5H3,(H2,24,25,26);1H. The van der Waals surface area contributed by atoms with E-state index in [4.69, 9.17) is 14.2 Å². The van der Waals surface area contributed by atoms with Gasteiger partial charge in [-0.1, -0.05) is 17.7 Å². The minimum absolute atomic E-state index is 0. The minimum atomic E-state index is -2.89. The highest BCUT2D eigenvalue weighted by atomic mass is 127. The van der Waals surface area contributed by atoms with Gasteiger partial charge in [-0.25, -0.2) is 0 Å². The van der Waals surface area contributed by atoms with Crippen LogP contribution in [0.25, 0.3) is 0 Å². The van der Waals surface area contributed by atoms with Crippen molar-refractivity contribution in [1.29, 1.82) is 0 Å². The smallest absolute Gasteiger partial charge is 0.387 e. The number of nitrogens with one attached hydrogen (secondary N) is 2. The Morgan fingerprint density at radius 1 is 0.935 bits per heavy atom. The van der Waals surface area contributed by atoms with Crippen LogP contribution in [-0.4, -0.2) is 40.9 Å². The maximum atomic E-state index is 12.6. The van der Waals surface area contributed by atoms with Gasteiger partial charge in [0.2, 0.25) is 5.75 Å². The van der Waals surface area contributed by atoms with Crippen LogP contribution < -0.4 is 29.6 Å². The maximum Gasteiger partial charge on any atom is 0.387 e. The highest BCUT2D eigenvalue weighted by Crippen LogP contribution is 2.38. The molecule has 10 heteroatoms. The van der Waals surface area contributed by atoms with Gasteiger partial charge >= 0.3 is 6.61 Å². The Labute approximate surface area is 198 Å². The first-order valence-corrected chi connectivity index (χ1v) is 9.19. The van der Waals surface area contributed by atoms with Crippen molar-refractivity contribution in [1.82, 2.24) is 10.6 Å². The number of halogens is 3. The van der Waals surface area contributed by atoms with Gasteiger partial charge in [-0.15, -0.1) is 24.0 Å². The van der Waals surface area contributed by atoms with E-state index in [1.165, 1.54) is 6.07 Å². The molecule has 0 fully saturated rings. The second-order valence-corrected chi connectivity index (χ2v) is 6.30. The minimum Gasteiger partial charge on any atom is -0.493 e. The van der Waals surface area contributed by atoms with Gasteiger partial charge in [-0.3, -0.25) is 4.99 Å². The summed E-state index contributed by atoms with van der Waals surface area (Å²) >= 11 is 0. The van der Waals surface area contributed by atoms with Crippen LogP contribution >= 0.6 is 24.0 Å². The molecule has 0 heterocycles. The van der Waals surface area contributed by atoms with E-state index in [1.54, 1.807) is 40.5 Å². The van der Waals surface area contributed by atoms with E-state index in [0.717, 1.165) is 11.1 Å². The first-order valence-electron chi connectivity index (χ1n) is 9.19. The first-order chi connectivity index (χ1) is 14.4. The molecule has 172 valence electrons. The quantitative estimate of drug-likeness (QED) is 0.278. The monoisotopic (exact) mass is 551 g/mol. The summed E-state index contributed by atoms with van der Waals surface area (Å²) in [6.07, 6.45) is 0. The van der Waals surface area contributed by atoms with E-state index in [2.05, 4.69) is 20.4 Å². The molecule has 0 aliphatic rings. The third-order valence-electron chi connectivity index (χ3n) is 4.29. The number of aliphatic imine (C=N–C) groups is 1. The molecule has 31 heavy (non-hydrogen) atoms. The maximum absolute atomic E-state index is 12.6. The summed E-state index contributed by atoms with van der Waals surface area (Å²) in [7, 11) is 6.27. The number of nitrogens with zero attached hydrogens (tertiary/aromatic N) is 1. The Balaban J connectivity index is 0.00000480. The van der Waals surface area contributed by atoms with Crippen molar-refractivity contribution in [2.75, 3.05) is 28.4 Å². The number of aryl methyl sites for hydroxylation is 1. The Hall–Kier alpha value is -2.50. The lowest BCUT2D eigenvalue weighted by molar-refractivity contribution is -0.0504. The van der Waals surface area contributed by atoms with Crippen molar-refractivity contribution >= 4 is 29.9 Å². The molecule has 7 nitrogen and oxygen atoms in total. The Morgan fingerprint density at radius 2 is 1.55 bits per heavy atom. The summed E-state index contributed by atoms with van der Waals surface area (Å²) in [4.78, 5) is 4.17. The van der Waals surface area contributed by atoms with E-state index >= 15 is 0 Å². The molecule has 0 unspecified atom stereocenters. The summed E-state index contributed by atoms with van der Waals surface area (Å²) in [6, 6.07) is 8.70. The molecule has 0 aliphatic heterocycles. The third kappa shape index (κ3) is 7.60. The molecule has 0 amide bonds. The van der Waals surface area contributed by atoms with Crippen molar-refractivity contribution < 1.29 is 27.7 Å². The zero-order chi connectivity index (χ0) is 22.1. The number of rotatable bonds is 9. The fraction of sp³-hybridized carbons (Fsp3) is 0.381. The van der Waals surface area contributed by atoms with Gasteiger partial charge in [0.1, 0.15) is 5.75 Å². The number of benzene rings is 2. The van der Waals surface area contributed by atoms with E-state index in [9.17, 15) is 8.78 Å². The molecule has 2 aromatic carbocycles. The van der Waals surface area contributed by atoms with Crippen LogP contribution in [0.15, 0.2) is 35.3 Å². The lowest BCUT2D eigenvalue weighted by Crippen LogP contribution is -2.36. The van der Waals surface area contributed by atoms with Crippen LogP contribution in [0.5, 0.6) is 23.0 Å². The van der Waals surface area contributed by atoms with Gasteiger partial charge in [0, 0.05) is 25.7 Å². The summed E-state index contributed by atoms with van der Waals surface area (Å²) in [5.74, 6) is 2.23. The van der Waals surface area contributed by atoms with Gasteiger partial charge in [0.15, 0.2) is 17.5 Å². The van der Waals surface area contributed by atoms with E-state index in [0.29, 0.717) is 35.3 Å². The molecule has 0 spiro atoms. The van der Waals surface area contributed by atoms with Crippen LogP contribution in [-0.2, 0) is 13.1 Å². The number of alkyl halides is 2. The molecule has 0 aliphatic carbocycles. The zero-order valence-corrected chi connectivity index (χ0v) is 20.5. The summed E-state index contributed by atoms with van der Waals surface area (Å²) in [5.41, 5.74) is 2.42. The topological polar surface area (TPSA) is 73.3 Å². The fourth-order valence-electron chi connectivity index (χ4n) is 2.88. The van der Waals surface area contributed by atoms with Crippen LogP contribution in [0.4, 0.5) is 8.78 Å². The number of hydrogen-bond donors (Lipinski definition) is 2. The average molecular weight is 551 g/mol. The third-order valence-corrected chi connectivity index (χ3v) is 4.29. The highest BCUT2D eigenvalue weighted by Gasteiger charge is 2.14. The van der Waals surface area contributed by atoms with Crippen molar-refractivity contribution in [3.05, 3.63) is 47.0 Å². The van der Waals surface area contributed by atoms with Crippen molar-refractivity contribution in [3.63, 3.8) is 0 Å². The first kappa shape index (κ1) is 26.5. The summed E-state index contributed by atoms with van der Waals surface area (Å²) in [6.45, 7) is -0.319. The number of ether oxygens (including phenoxy) is 4. The molecule has 0 atom stereocenters. The van der Waals surface area contributed by atoms with Gasteiger partial charge in [-0.2, -0.15) is 8.78 Å². The second kappa shape index (κ2) is 13.0. The number of guanidine groups is 1. The molecule has 2 N–H and O–H groups in total. The lowest BCUT2D eigenvalue weighted by atomic mass is 10.1. The van der Waals surface area contributed by atoms with Crippen molar-refractivity contribution in [2.45, 2.75) is 26.6 Å². The van der Waals surface area contributed by atoms with Gasteiger partial charge in [-0.05, 0) is 30.7 Å². The van der Waals surface area contributed by atoms with Gasteiger partial charge in [0.05, 0.1) is 21.3 Å². The summed E-state index contributed by atoms with van der Waals surface area (Å²) < 4.78 is 45.9. The molecule has 2 aromatic rings. The van der Waals surface area contributed by atoms with Crippen LogP contribution in [0.1, 0.15) is 16.7 Å². The molecular formula is C21H28F2IN3O4. The molecule has 0 bridgehead atoms. The molecular weight excluding hydrogens is 523 g/mol. The predicted molar refractivity (Wildman–Crippen MR) is 126 cm³/mol. The van der Waals surface area contributed by atoms with Crippen molar-refractivity contribution in [3.8, 4) is 23.0 Å². The average Bonchev–Trinajstić information content (AvgIpc) is 2.74.